The number of hydrogen-bond acceptors (Lipinski definition) is 5. The van der Waals surface area contributed by atoms with Gasteiger partial charge in [0.25, 0.3) is 5.92 Å². The van der Waals surface area contributed by atoms with Crippen molar-refractivity contribution in [2.75, 3.05) is 20.2 Å². The number of methoxy groups -OCH3 is 1. The highest BCUT2D eigenvalue weighted by Crippen LogP contribution is 2.30. The fourth-order valence-electron chi connectivity index (χ4n) is 2.73. The highest BCUT2D eigenvalue weighted by Gasteiger charge is 2.27. The first-order valence-corrected chi connectivity index (χ1v) is 7.91. The first kappa shape index (κ1) is 19.0. The van der Waals surface area contributed by atoms with E-state index in [0.717, 1.165) is 22.2 Å². The number of alkyl halides is 2. The fraction of sp³-hybridized carbons (Fsp3) is 0.562. The second kappa shape index (κ2) is 7.30. The molecule has 9 heteroatoms. The van der Waals surface area contributed by atoms with Crippen molar-refractivity contribution in [3.63, 3.8) is 0 Å². The topological polar surface area (TPSA) is 95.1 Å². The first-order valence-electron chi connectivity index (χ1n) is 7.91. The molecule has 7 nitrogen and oxygen atoms in total. The smallest absolute Gasteiger partial charge is 0.277 e. The van der Waals surface area contributed by atoms with Gasteiger partial charge < -0.3 is 15.8 Å². The molecule has 0 aliphatic rings. The van der Waals surface area contributed by atoms with E-state index in [4.69, 9.17) is 10.5 Å². The van der Waals surface area contributed by atoms with Gasteiger partial charge in [0.05, 0.1) is 25.6 Å². The van der Waals surface area contributed by atoms with E-state index in [1.807, 2.05) is 13.8 Å². The summed E-state index contributed by atoms with van der Waals surface area (Å²) in [6.07, 6.45) is 0.469. The highest BCUT2D eigenvalue weighted by atomic mass is 19.3. The molecule has 0 atom stereocenters. The van der Waals surface area contributed by atoms with Gasteiger partial charge in [-0.15, -0.1) is 5.10 Å². The maximum absolute atomic E-state index is 13.1. The summed E-state index contributed by atoms with van der Waals surface area (Å²) in [6.45, 7) is 2.21. The molecule has 2 aromatic rings. The van der Waals surface area contributed by atoms with E-state index in [1.165, 1.54) is 7.11 Å². The Labute approximate surface area is 144 Å². The number of fused-ring (bicyclic) bond motifs is 1. The molecule has 0 radical (unpaired) electrons. The van der Waals surface area contributed by atoms with Crippen molar-refractivity contribution in [1.29, 1.82) is 0 Å². The Bertz CT molecular complexity index is 789. The lowest BCUT2D eigenvalue weighted by molar-refractivity contribution is -0.122. The monoisotopic (exact) mass is 355 g/mol. The molecular formula is C16H23F2N5O2. The van der Waals surface area contributed by atoms with E-state index in [0.29, 0.717) is 17.9 Å². The number of halogens is 2. The van der Waals surface area contributed by atoms with Crippen molar-refractivity contribution < 1.29 is 18.3 Å². The van der Waals surface area contributed by atoms with Crippen molar-refractivity contribution in [2.24, 2.45) is 12.8 Å². The van der Waals surface area contributed by atoms with Crippen LogP contribution in [0.5, 0.6) is 5.88 Å². The first-order chi connectivity index (χ1) is 11.7. The Morgan fingerprint density at radius 3 is 2.68 bits per heavy atom. The molecule has 0 bridgehead atoms. The minimum Gasteiger partial charge on any atom is -0.479 e. The van der Waals surface area contributed by atoms with E-state index >= 15 is 0 Å². The molecule has 25 heavy (non-hydrogen) atoms. The number of nitrogens with one attached hydrogen (secondary N) is 1. The van der Waals surface area contributed by atoms with Gasteiger partial charge in [0, 0.05) is 19.2 Å². The Morgan fingerprint density at radius 2 is 2.08 bits per heavy atom. The van der Waals surface area contributed by atoms with E-state index in [1.54, 1.807) is 11.7 Å². The molecule has 3 N–H and O–H groups in total. The van der Waals surface area contributed by atoms with Crippen molar-refractivity contribution in [3.8, 4) is 5.88 Å². The van der Waals surface area contributed by atoms with Crippen LogP contribution in [0.25, 0.3) is 11.0 Å². The van der Waals surface area contributed by atoms with Crippen molar-refractivity contribution >= 4 is 16.9 Å². The molecule has 0 fully saturated rings. The molecule has 0 saturated heterocycles. The normalized spacial score (nSPS) is 11.8. The zero-order chi connectivity index (χ0) is 18.8. The largest absolute Gasteiger partial charge is 0.479 e. The number of hydrogen-bond donors (Lipinski definition) is 2. The summed E-state index contributed by atoms with van der Waals surface area (Å²) in [6, 6.07) is 0. The van der Waals surface area contributed by atoms with Crippen molar-refractivity contribution in [2.45, 2.75) is 32.6 Å². The Hall–Kier alpha value is -2.29. The van der Waals surface area contributed by atoms with E-state index in [9.17, 15) is 13.6 Å². The third-order valence-electron chi connectivity index (χ3n) is 4.16. The maximum Gasteiger partial charge on any atom is 0.277 e. The number of nitrogens with zero attached hydrogens (tertiary/aromatic N) is 3. The molecule has 0 aliphatic carbocycles. The van der Waals surface area contributed by atoms with Crippen LogP contribution in [-0.4, -0.2) is 46.8 Å². The lowest BCUT2D eigenvalue weighted by atomic mass is 10.00. The van der Waals surface area contributed by atoms with E-state index < -0.39 is 24.9 Å². The molecule has 0 spiro atoms. The summed E-state index contributed by atoms with van der Waals surface area (Å²) in [5, 5.41) is 7.28. The number of ether oxygens (including phenoxy) is 1. The standard InChI is InChI=1S/C16H23F2N5O2/c1-9-11(5-6-12(24)20-8-16(17,18)7-19)10(2)21-14-13(9)15(25-4)22-23(14)3/h5-8,19H2,1-4H3,(H,20,24). The Balaban J connectivity index is 2.17. The minimum atomic E-state index is -3.09. The summed E-state index contributed by atoms with van der Waals surface area (Å²) in [7, 11) is 3.31. The predicted molar refractivity (Wildman–Crippen MR) is 89.9 cm³/mol. The average Bonchev–Trinajstić information content (AvgIpc) is 2.89. The summed E-state index contributed by atoms with van der Waals surface area (Å²) in [4.78, 5) is 16.4. The molecule has 2 heterocycles. The van der Waals surface area contributed by atoms with Gasteiger partial charge in [-0.3, -0.25) is 4.79 Å². The van der Waals surface area contributed by atoms with Crippen molar-refractivity contribution in [3.05, 3.63) is 16.8 Å². The van der Waals surface area contributed by atoms with E-state index in [-0.39, 0.29) is 6.42 Å². The van der Waals surface area contributed by atoms with Crippen molar-refractivity contribution in [1.82, 2.24) is 20.1 Å². The Morgan fingerprint density at radius 1 is 1.40 bits per heavy atom. The van der Waals surface area contributed by atoms with Crippen LogP contribution in [0.2, 0.25) is 0 Å². The van der Waals surface area contributed by atoms with Gasteiger partial charge in [0.15, 0.2) is 5.65 Å². The molecule has 0 saturated carbocycles. The number of amides is 1. The number of nitrogens with two attached hydrogens (primary N) is 1. The maximum atomic E-state index is 13.1. The molecule has 1 amide bonds. The molecule has 138 valence electrons. The lowest BCUT2D eigenvalue weighted by Crippen LogP contribution is -2.41. The number of carbonyl (C=O) groups excluding carboxylic acids is 1. The van der Waals surface area contributed by atoms with Crippen LogP contribution in [0.15, 0.2) is 0 Å². The number of aryl methyl sites for hydroxylation is 3. The molecule has 0 unspecified atom stereocenters. The summed E-state index contributed by atoms with van der Waals surface area (Å²) >= 11 is 0. The van der Waals surface area contributed by atoms with Crippen LogP contribution in [0, 0.1) is 13.8 Å². The summed E-state index contributed by atoms with van der Waals surface area (Å²) < 4.78 is 33.1. The van der Waals surface area contributed by atoms with Crippen LogP contribution < -0.4 is 15.8 Å². The third-order valence-corrected chi connectivity index (χ3v) is 4.16. The number of pyridine rings is 1. The number of aromatic nitrogens is 3. The van der Waals surface area contributed by atoms with Gasteiger partial charge in [-0.05, 0) is 31.4 Å². The van der Waals surface area contributed by atoms with Crippen LogP contribution in [0.3, 0.4) is 0 Å². The molecular weight excluding hydrogens is 332 g/mol. The van der Waals surface area contributed by atoms with Gasteiger partial charge in [-0.2, -0.15) is 0 Å². The van der Waals surface area contributed by atoms with Gasteiger partial charge in [-0.25, -0.2) is 18.4 Å². The number of rotatable bonds is 7. The van der Waals surface area contributed by atoms with Crippen LogP contribution in [0.1, 0.15) is 23.2 Å². The van der Waals surface area contributed by atoms with Crippen LogP contribution in [0.4, 0.5) is 8.78 Å². The van der Waals surface area contributed by atoms with E-state index in [2.05, 4.69) is 15.4 Å². The molecule has 2 aromatic heterocycles. The average molecular weight is 355 g/mol. The second-order valence-electron chi connectivity index (χ2n) is 5.97. The van der Waals surface area contributed by atoms with Gasteiger partial charge in [0.2, 0.25) is 11.8 Å². The zero-order valence-corrected chi connectivity index (χ0v) is 14.8. The van der Waals surface area contributed by atoms with Gasteiger partial charge in [-0.1, -0.05) is 0 Å². The lowest BCUT2D eigenvalue weighted by Gasteiger charge is -2.15. The number of carbonyl (C=O) groups is 1. The van der Waals surface area contributed by atoms with Crippen LogP contribution >= 0.6 is 0 Å². The molecule has 0 aromatic carbocycles. The van der Waals surface area contributed by atoms with Crippen LogP contribution in [-0.2, 0) is 18.3 Å². The predicted octanol–water partition coefficient (Wildman–Crippen LogP) is 1.24. The molecule has 0 aliphatic heterocycles. The Kier molecular flexibility index (Phi) is 5.56. The van der Waals surface area contributed by atoms with Gasteiger partial charge >= 0.3 is 0 Å². The molecule has 2 rings (SSSR count). The summed E-state index contributed by atoms with van der Waals surface area (Å²) in [5.41, 5.74) is 8.23. The SMILES string of the molecule is COc1nn(C)c2nc(C)c(CCC(=O)NCC(F)(F)CN)c(C)c12. The minimum absolute atomic E-state index is 0.0814. The fourth-order valence-corrected chi connectivity index (χ4v) is 2.73. The quantitative estimate of drug-likeness (QED) is 0.779. The zero-order valence-electron chi connectivity index (χ0n) is 14.8. The third kappa shape index (κ3) is 4.04. The van der Waals surface area contributed by atoms with Gasteiger partial charge in [0.1, 0.15) is 0 Å². The highest BCUT2D eigenvalue weighted by molar-refractivity contribution is 5.86. The second-order valence-corrected chi connectivity index (χ2v) is 5.97. The summed E-state index contributed by atoms with van der Waals surface area (Å²) in [5.74, 6) is -3.08.